The zero-order valence-electron chi connectivity index (χ0n) is 8.48. The predicted octanol–water partition coefficient (Wildman–Crippen LogP) is 1.27. The average molecular weight is 245 g/mol. The molecule has 0 saturated carbocycles. The molecule has 0 amide bonds. The lowest BCUT2D eigenvalue weighted by Crippen LogP contribution is -2.22. The molecule has 15 heavy (non-hydrogen) atoms. The second-order valence-electron chi connectivity index (χ2n) is 3.98. The van der Waals surface area contributed by atoms with Gasteiger partial charge in [-0.2, -0.15) is 0 Å². The molecule has 1 aliphatic rings. The average Bonchev–Trinajstić information content (AvgIpc) is 2.76. The van der Waals surface area contributed by atoms with Crippen LogP contribution in [-0.2, 0) is 16.4 Å². The first-order valence-electron chi connectivity index (χ1n) is 5.09. The first-order chi connectivity index (χ1) is 7.16. The molecule has 1 aliphatic heterocycles. The quantitative estimate of drug-likeness (QED) is 0.869. The number of thiophene rings is 1. The zero-order valence-corrected chi connectivity index (χ0v) is 10.1. The van der Waals surface area contributed by atoms with Gasteiger partial charge in [-0.3, -0.25) is 0 Å². The fourth-order valence-electron chi connectivity index (χ4n) is 1.85. The molecule has 0 bridgehead atoms. The van der Waals surface area contributed by atoms with Gasteiger partial charge in [-0.1, -0.05) is 6.07 Å². The summed E-state index contributed by atoms with van der Waals surface area (Å²) in [7, 11) is -2.72. The Kier molecular flexibility index (Phi) is 3.43. The van der Waals surface area contributed by atoms with Gasteiger partial charge >= 0.3 is 0 Å². The van der Waals surface area contributed by atoms with Crippen molar-refractivity contribution < 1.29 is 8.42 Å². The summed E-state index contributed by atoms with van der Waals surface area (Å²) in [5, 5.41) is 5.37. The molecular formula is C10H15NO2S2. The number of rotatable bonds is 4. The van der Waals surface area contributed by atoms with Crippen LogP contribution >= 0.6 is 11.3 Å². The largest absolute Gasteiger partial charge is 0.312 e. The van der Waals surface area contributed by atoms with Gasteiger partial charge < -0.3 is 5.32 Å². The lowest BCUT2D eigenvalue weighted by molar-refractivity contribution is 0.522. The van der Waals surface area contributed by atoms with Crippen LogP contribution in [0.4, 0.5) is 0 Å². The van der Waals surface area contributed by atoms with E-state index in [1.54, 1.807) is 11.3 Å². The Labute approximate surface area is 94.4 Å². The van der Waals surface area contributed by atoms with Crippen LogP contribution in [0.5, 0.6) is 0 Å². The summed E-state index contributed by atoms with van der Waals surface area (Å²) in [6.45, 7) is 1.67. The van der Waals surface area contributed by atoms with Crippen LogP contribution in [0.2, 0.25) is 0 Å². The van der Waals surface area contributed by atoms with Gasteiger partial charge in [0.1, 0.15) is 0 Å². The first-order valence-corrected chi connectivity index (χ1v) is 7.79. The van der Waals surface area contributed by atoms with Gasteiger partial charge in [0.15, 0.2) is 9.84 Å². The summed E-state index contributed by atoms with van der Waals surface area (Å²) < 4.78 is 22.4. The second-order valence-corrected chi connectivity index (χ2v) is 7.24. The summed E-state index contributed by atoms with van der Waals surface area (Å²) in [6, 6.07) is 4.12. The van der Waals surface area contributed by atoms with Crippen LogP contribution in [0, 0.1) is 5.92 Å². The molecule has 84 valence electrons. The van der Waals surface area contributed by atoms with E-state index in [1.165, 1.54) is 4.88 Å². The highest BCUT2D eigenvalue weighted by atomic mass is 32.2. The van der Waals surface area contributed by atoms with Gasteiger partial charge in [0.25, 0.3) is 0 Å². The van der Waals surface area contributed by atoms with Gasteiger partial charge in [0.05, 0.1) is 11.5 Å². The summed E-state index contributed by atoms with van der Waals surface area (Å²) in [5.41, 5.74) is 0. The highest BCUT2D eigenvalue weighted by molar-refractivity contribution is 7.91. The number of hydrogen-bond acceptors (Lipinski definition) is 4. The molecule has 2 rings (SSSR count). The van der Waals surface area contributed by atoms with Crippen LogP contribution in [0.1, 0.15) is 11.3 Å². The molecule has 0 aromatic carbocycles. The molecule has 0 radical (unpaired) electrons. The maximum atomic E-state index is 11.2. The van der Waals surface area contributed by atoms with Crippen molar-refractivity contribution in [2.45, 2.75) is 13.0 Å². The van der Waals surface area contributed by atoms with E-state index in [2.05, 4.69) is 16.8 Å². The summed E-state index contributed by atoms with van der Waals surface area (Å²) >= 11 is 1.72. The molecule has 1 unspecified atom stereocenters. The molecule has 1 fully saturated rings. The fourth-order valence-corrected chi connectivity index (χ4v) is 4.38. The Bertz CT molecular complexity index is 397. The van der Waals surface area contributed by atoms with Crippen molar-refractivity contribution in [1.82, 2.24) is 5.32 Å². The molecular weight excluding hydrogens is 230 g/mol. The fraction of sp³-hybridized carbons (Fsp3) is 0.600. The minimum absolute atomic E-state index is 0.315. The predicted molar refractivity (Wildman–Crippen MR) is 62.8 cm³/mol. The third-order valence-electron chi connectivity index (χ3n) is 2.64. The first kappa shape index (κ1) is 11.1. The molecule has 0 spiro atoms. The van der Waals surface area contributed by atoms with E-state index in [0.29, 0.717) is 17.4 Å². The second kappa shape index (κ2) is 4.63. The van der Waals surface area contributed by atoms with E-state index in [0.717, 1.165) is 19.5 Å². The summed E-state index contributed by atoms with van der Waals surface area (Å²) in [4.78, 5) is 1.30. The highest BCUT2D eigenvalue weighted by Crippen LogP contribution is 2.17. The van der Waals surface area contributed by atoms with Crippen LogP contribution in [0.25, 0.3) is 0 Å². The van der Waals surface area contributed by atoms with Crippen LogP contribution in [0.15, 0.2) is 17.5 Å². The molecule has 1 aromatic rings. The smallest absolute Gasteiger partial charge is 0.150 e. The van der Waals surface area contributed by atoms with Crippen LogP contribution in [-0.4, -0.2) is 26.5 Å². The number of sulfone groups is 1. The van der Waals surface area contributed by atoms with E-state index in [-0.39, 0.29) is 0 Å². The third kappa shape index (κ3) is 3.29. The third-order valence-corrected chi connectivity index (χ3v) is 5.35. The maximum Gasteiger partial charge on any atom is 0.150 e. The van der Waals surface area contributed by atoms with Gasteiger partial charge in [0, 0.05) is 11.4 Å². The van der Waals surface area contributed by atoms with E-state index < -0.39 is 9.84 Å². The molecule has 1 saturated heterocycles. The molecule has 1 N–H and O–H groups in total. The standard InChI is InChI=1S/C10H15NO2S2/c12-15(13)5-3-9(8-15)6-11-7-10-2-1-4-14-10/h1-2,4,9,11H,3,5-8H2. The Balaban J connectivity index is 1.71. The van der Waals surface area contributed by atoms with Crippen molar-refractivity contribution in [3.63, 3.8) is 0 Å². The number of hydrogen-bond donors (Lipinski definition) is 1. The van der Waals surface area contributed by atoms with Crippen molar-refractivity contribution in [1.29, 1.82) is 0 Å². The van der Waals surface area contributed by atoms with Crippen LogP contribution < -0.4 is 5.32 Å². The number of nitrogens with one attached hydrogen (secondary N) is 1. The zero-order chi connectivity index (χ0) is 10.7. The van der Waals surface area contributed by atoms with Gasteiger partial charge in [-0.15, -0.1) is 11.3 Å². The molecule has 1 atom stereocenters. The van der Waals surface area contributed by atoms with E-state index in [1.807, 2.05) is 6.07 Å². The van der Waals surface area contributed by atoms with Gasteiger partial charge in [-0.25, -0.2) is 8.42 Å². The lowest BCUT2D eigenvalue weighted by Gasteiger charge is -2.07. The van der Waals surface area contributed by atoms with Crippen LogP contribution in [0.3, 0.4) is 0 Å². The van der Waals surface area contributed by atoms with E-state index in [9.17, 15) is 8.42 Å². The van der Waals surface area contributed by atoms with E-state index >= 15 is 0 Å². The SMILES string of the molecule is O=S1(=O)CCC(CNCc2cccs2)C1. The Morgan fingerprint density at radius 3 is 3.00 bits per heavy atom. The van der Waals surface area contributed by atoms with Gasteiger partial charge in [-0.05, 0) is 30.3 Å². The van der Waals surface area contributed by atoms with Crippen molar-refractivity contribution >= 4 is 21.2 Å². The minimum Gasteiger partial charge on any atom is -0.312 e. The minimum atomic E-state index is -2.72. The maximum absolute atomic E-state index is 11.2. The topological polar surface area (TPSA) is 46.2 Å². The Morgan fingerprint density at radius 1 is 1.53 bits per heavy atom. The molecule has 3 nitrogen and oxygen atoms in total. The normalized spacial score (nSPS) is 24.4. The van der Waals surface area contributed by atoms with E-state index in [4.69, 9.17) is 0 Å². The monoisotopic (exact) mass is 245 g/mol. The lowest BCUT2D eigenvalue weighted by atomic mass is 10.1. The van der Waals surface area contributed by atoms with Crippen molar-refractivity contribution in [2.24, 2.45) is 5.92 Å². The summed E-state index contributed by atoms with van der Waals surface area (Å²) in [6.07, 6.45) is 0.819. The highest BCUT2D eigenvalue weighted by Gasteiger charge is 2.27. The van der Waals surface area contributed by atoms with Gasteiger partial charge in [0.2, 0.25) is 0 Å². The van der Waals surface area contributed by atoms with Crippen molar-refractivity contribution in [3.8, 4) is 0 Å². The van der Waals surface area contributed by atoms with Crippen molar-refractivity contribution in [2.75, 3.05) is 18.1 Å². The van der Waals surface area contributed by atoms with Crippen molar-refractivity contribution in [3.05, 3.63) is 22.4 Å². The molecule has 1 aromatic heterocycles. The Hall–Kier alpha value is -0.390. The molecule has 0 aliphatic carbocycles. The Morgan fingerprint density at radius 2 is 2.40 bits per heavy atom. The molecule has 5 heteroatoms. The summed E-state index contributed by atoms with van der Waals surface area (Å²) in [5.74, 6) is 1.05. The molecule has 2 heterocycles.